The summed E-state index contributed by atoms with van der Waals surface area (Å²) >= 11 is 7.22. The van der Waals surface area contributed by atoms with Gasteiger partial charge < -0.3 is 9.64 Å². The van der Waals surface area contributed by atoms with Crippen LogP contribution in [0.2, 0.25) is 5.02 Å². The van der Waals surface area contributed by atoms with Crippen molar-refractivity contribution in [3.63, 3.8) is 0 Å². The van der Waals surface area contributed by atoms with Crippen molar-refractivity contribution in [1.29, 1.82) is 0 Å². The predicted octanol–water partition coefficient (Wildman–Crippen LogP) is 3.60. The fourth-order valence-electron chi connectivity index (χ4n) is 2.58. The topological polar surface area (TPSA) is 73.1 Å². The zero-order chi connectivity index (χ0) is 20.8. The molecule has 0 atom stereocenters. The quantitative estimate of drug-likeness (QED) is 0.503. The standard InChI is InChI=1S/C19H19ClFN5O2S/c1-3-28-17-10-5-4-9-16(17)26-19(22-23-24-26)29-12-18(27)25(2)11-13-14(20)7-6-8-15(13)21/h4-10H,3,11-12H2,1-2H3. The molecule has 0 saturated carbocycles. The SMILES string of the molecule is CCOc1ccccc1-n1nnnc1SCC(=O)N(C)Cc1c(F)cccc1Cl. The largest absolute Gasteiger partial charge is 0.492 e. The number of nitrogens with zero attached hydrogens (tertiary/aromatic N) is 5. The molecule has 7 nitrogen and oxygen atoms in total. The van der Waals surface area contributed by atoms with Gasteiger partial charge in [-0.15, -0.1) is 5.10 Å². The van der Waals surface area contributed by atoms with Crippen molar-refractivity contribution in [1.82, 2.24) is 25.1 Å². The highest BCUT2D eigenvalue weighted by Gasteiger charge is 2.18. The van der Waals surface area contributed by atoms with Gasteiger partial charge in [0.05, 0.1) is 12.4 Å². The van der Waals surface area contributed by atoms with Crippen LogP contribution in [0.15, 0.2) is 47.6 Å². The van der Waals surface area contributed by atoms with Crippen LogP contribution in [0.3, 0.4) is 0 Å². The van der Waals surface area contributed by atoms with Crippen molar-refractivity contribution in [3.8, 4) is 11.4 Å². The Kier molecular flexibility index (Phi) is 7.05. The molecule has 3 aromatic rings. The lowest BCUT2D eigenvalue weighted by atomic mass is 10.2. The normalized spacial score (nSPS) is 10.8. The number of hydrogen-bond acceptors (Lipinski definition) is 6. The lowest BCUT2D eigenvalue weighted by Gasteiger charge is -2.18. The van der Waals surface area contributed by atoms with Crippen LogP contribution >= 0.6 is 23.4 Å². The summed E-state index contributed by atoms with van der Waals surface area (Å²) in [4.78, 5) is 13.9. The van der Waals surface area contributed by atoms with Gasteiger partial charge in [-0.05, 0) is 41.6 Å². The van der Waals surface area contributed by atoms with Crippen LogP contribution in [0.1, 0.15) is 12.5 Å². The van der Waals surface area contributed by atoms with E-state index in [1.807, 2.05) is 31.2 Å². The third-order valence-electron chi connectivity index (χ3n) is 4.04. The van der Waals surface area contributed by atoms with E-state index in [9.17, 15) is 9.18 Å². The number of amides is 1. The van der Waals surface area contributed by atoms with E-state index in [2.05, 4.69) is 15.5 Å². The fourth-order valence-corrected chi connectivity index (χ4v) is 3.62. The zero-order valence-electron chi connectivity index (χ0n) is 15.9. The van der Waals surface area contributed by atoms with Gasteiger partial charge in [0.1, 0.15) is 17.3 Å². The maximum Gasteiger partial charge on any atom is 0.233 e. The first-order valence-electron chi connectivity index (χ1n) is 8.81. The van der Waals surface area contributed by atoms with Crippen molar-refractivity contribution in [2.24, 2.45) is 0 Å². The van der Waals surface area contributed by atoms with E-state index in [1.54, 1.807) is 13.1 Å². The van der Waals surface area contributed by atoms with Crippen molar-refractivity contribution in [2.75, 3.05) is 19.4 Å². The molecule has 0 fully saturated rings. The van der Waals surface area contributed by atoms with Crippen LogP contribution in [-0.2, 0) is 11.3 Å². The van der Waals surface area contributed by atoms with E-state index in [-0.39, 0.29) is 28.8 Å². The smallest absolute Gasteiger partial charge is 0.233 e. The molecule has 29 heavy (non-hydrogen) atoms. The molecule has 2 aromatic carbocycles. The number of halogens is 2. The molecule has 0 saturated heterocycles. The minimum atomic E-state index is -0.443. The third kappa shape index (κ3) is 5.04. The first-order chi connectivity index (χ1) is 14.0. The van der Waals surface area contributed by atoms with E-state index < -0.39 is 5.82 Å². The molecule has 0 spiro atoms. The highest BCUT2D eigenvalue weighted by Crippen LogP contribution is 2.26. The number of tetrazole rings is 1. The van der Waals surface area contributed by atoms with Gasteiger partial charge in [-0.1, -0.05) is 41.6 Å². The van der Waals surface area contributed by atoms with Gasteiger partial charge in [-0.2, -0.15) is 4.68 Å². The number of aromatic nitrogens is 4. The molecule has 0 aliphatic rings. The van der Waals surface area contributed by atoms with Crippen molar-refractivity contribution < 1.29 is 13.9 Å². The van der Waals surface area contributed by atoms with Crippen molar-refractivity contribution >= 4 is 29.3 Å². The Hall–Kier alpha value is -2.65. The molecule has 0 N–H and O–H groups in total. The van der Waals surface area contributed by atoms with Gasteiger partial charge in [0.25, 0.3) is 0 Å². The van der Waals surface area contributed by atoms with Crippen LogP contribution in [0.5, 0.6) is 5.75 Å². The summed E-state index contributed by atoms with van der Waals surface area (Å²) in [6, 6.07) is 11.8. The summed E-state index contributed by atoms with van der Waals surface area (Å²) in [5.41, 5.74) is 0.964. The second-order valence-corrected chi connectivity index (χ2v) is 7.36. The molecule has 1 heterocycles. The maximum atomic E-state index is 14.0. The molecule has 0 aliphatic carbocycles. The average Bonchev–Trinajstić information content (AvgIpc) is 3.18. The lowest BCUT2D eigenvalue weighted by Crippen LogP contribution is -2.28. The molecule has 0 bridgehead atoms. The first kappa shape index (κ1) is 21.1. The summed E-state index contributed by atoms with van der Waals surface area (Å²) in [7, 11) is 1.60. The molecule has 0 radical (unpaired) electrons. The fraction of sp³-hybridized carbons (Fsp3) is 0.263. The summed E-state index contributed by atoms with van der Waals surface area (Å²) in [5.74, 6) is 0.0739. The Labute approximate surface area is 176 Å². The number of benzene rings is 2. The Bertz CT molecular complexity index is 980. The van der Waals surface area contributed by atoms with Gasteiger partial charge in [0, 0.05) is 24.2 Å². The highest BCUT2D eigenvalue weighted by molar-refractivity contribution is 7.99. The average molecular weight is 436 g/mol. The second-order valence-electron chi connectivity index (χ2n) is 6.01. The van der Waals surface area contributed by atoms with E-state index in [0.29, 0.717) is 23.2 Å². The van der Waals surface area contributed by atoms with Crippen LogP contribution in [-0.4, -0.2) is 50.4 Å². The van der Waals surface area contributed by atoms with Crippen LogP contribution in [0.4, 0.5) is 4.39 Å². The van der Waals surface area contributed by atoms with Gasteiger partial charge >= 0.3 is 0 Å². The number of carbonyl (C=O) groups excluding carboxylic acids is 1. The summed E-state index contributed by atoms with van der Waals surface area (Å²) in [5, 5.41) is 12.4. The Balaban J connectivity index is 1.68. The van der Waals surface area contributed by atoms with Crippen molar-refractivity contribution in [3.05, 3.63) is 58.9 Å². The number of carbonyl (C=O) groups is 1. The molecule has 1 amide bonds. The highest BCUT2D eigenvalue weighted by atomic mass is 35.5. The number of hydrogen-bond donors (Lipinski definition) is 0. The number of ether oxygens (including phenoxy) is 1. The summed E-state index contributed by atoms with van der Waals surface area (Å²) < 4.78 is 21.1. The van der Waals surface area contributed by atoms with Crippen molar-refractivity contribution in [2.45, 2.75) is 18.6 Å². The van der Waals surface area contributed by atoms with Gasteiger partial charge in [0.15, 0.2) is 0 Å². The van der Waals surface area contributed by atoms with Crippen LogP contribution in [0, 0.1) is 5.82 Å². The Morgan fingerprint density at radius 2 is 2.07 bits per heavy atom. The molecule has 152 valence electrons. The lowest BCUT2D eigenvalue weighted by molar-refractivity contribution is -0.127. The number of rotatable bonds is 8. The molecule has 3 rings (SSSR count). The van der Waals surface area contributed by atoms with Gasteiger partial charge in [-0.25, -0.2) is 4.39 Å². The Morgan fingerprint density at radius 1 is 1.28 bits per heavy atom. The van der Waals surface area contributed by atoms with E-state index in [0.717, 1.165) is 0 Å². The maximum absolute atomic E-state index is 14.0. The molecular weight excluding hydrogens is 417 g/mol. The first-order valence-corrected chi connectivity index (χ1v) is 10.2. The van der Waals surface area contributed by atoms with Crippen LogP contribution in [0.25, 0.3) is 5.69 Å². The summed E-state index contributed by atoms with van der Waals surface area (Å²) in [6.07, 6.45) is 0. The molecular formula is C19H19ClFN5O2S. The van der Waals surface area contributed by atoms with Gasteiger partial charge in [0.2, 0.25) is 11.1 Å². The minimum absolute atomic E-state index is 0.0724. The second kappa shape index (κ2) is 9.71. The third-order valence-corrected chi connectivity index (χ3v) is 5.30. The van der Waals surface area contributed by atoms with E-state index >= 15 is 0 Å². The Morgan fingerprint density at radius 3 is 2.83 bits per heavy atom. The number of para-hydroxylation sites is 2. The summed E-state index contributed by atoms with van der Waals surface area (Å²) in [6.45, 7) is 2.47. The minimum Gasteiger partial charge on any atom is -0.492 e. The van der Waals surface area contributed by atoms with Gasteiger partial charge in [-0.3, -0.25) is 4.79 Å². The predicted molar refractivity (Wildman–Crippen MR) is 109 cm³/mol. The zero-order valence-corrected chi connectivity index (χ0v) is 17.5. The monoisotopic (exact) mass is 435 g/mol. The molecule has 10 heteroatoms. The van der Waals surface area contributed by atoms with Crippen LogP contribution < -0.4 is 4.74 Å². The molecule has 1 aromatic heterocycles. The van der Waals surface area contributed by atoms with E-state index in [1.165, 1.54) is 33.5 Å². The number of thioether (sulfide) groups is 1. The van der Waals surface area contributed by atoms with E-state index in [4.69, 9.17) is 16.3 Å². The molecule has 0 unspecified atom stereocenters. The molecule has 0 aliphatic heterocycles.